The van der Waals surface area contributed by atoms with Crippen LogP contribution < -0.4 is 5.32 Å². The van der Waals surface area contributed by atoms with Crippen LogP contribution in [0, 0.1) is 17.3 Å². The van der Waals surface area contributed by atoms with Crippen molar-refractivity contribution in [2.24, 2.45) is 17.3 Å². The maximum Gasteiger partial charge on any atom is 0.0587 e. The Morgan fingerprint density at radius 2 is 1.72 bits per heavy atom. The lowest BCUT2D eigenvalue weighted by atomic mass is 9.68. The first-order chi connectivity index (χ1) is 8.38. The Bertz CT molecular complexity index is 226. The summed E-state index contributed by atoms with van der Waals surface area (Å²) in [5.41, 5.74) is 0.448. The lowest BCUT2D eigenvalue weighted by Gasteiger charge is -2.40. The minimum Gasteiger partial charge on any atom is -0.395 e. The van der Waals surface area contributed by atoms with Gasteiger partial charge in [-0.2, -0.15) is 0 Å². The van der Waals surface area contributed by atoms with Crippen molar-refractivity contribution in [2.45, 2.75) is 78.8 Å². The molecule has 2 heteroatoms. The van der Waals surface area contributed by atoms with E-state index in [1.165, 1.54) is 25.7 Å². The van der Waals surface area contributed by atoms with Crippen LogP contribution in [0.2, 0.25) is 0 Å². The van der Waals surface area contributed by atoms with Gasteiger partial charge in [-0.15, -0.1) is 0 Å². The van der Waals surface area contributed by atoms with E-state index in [0.29, 0.717) is 23.4 Å². The van der Waals surface area contributed by atoms with Gasteiger partial charge in [0.15, 0.2) is 0 Å². The number of rotatable bonds is 5. The minimum atomic E-state index is 0.287. The zero-order valence-corrected chi connectivity index (χ0v) is 13.0. The minimum absolute atomic E-state index is 0.287. The van der Waals surface area contributed by atoms with E-state index < -0.39 is 0 Å². The molecule has 2 nitrogen and oxygen atoms in total. The average Bonchev–Trinajstić information content (AvgIpc) is 2.34. The first kappa shape index (κ1) is 16.0. The van der Waals surface area contributed by atoms with E-state index in [9.17, 15) is 5.11 Å². The van der Waals surface area contributed by atoms with Gasteiger partial charge < -0.3 is 10.4 Å². The fourth-order valence-corrected chi connectivity index (χ4v) is 3.21. The van der Waals surface area contributed by atoms with Crippen molar-refractivity contribution in [3.8, 4) is 0 Å². The van der Waals surface area contributed by atoms with Crippen LogP contribution >= 0.6 is 0 Å². The smallest absolute Gasteiger partial charge is 0.0587 e. The second kappa shape index (κ2) is 6.91. The van der Waals surface area contributed by atoms with Gasteiger partial charge in [0.2, 0.25) is 0 Å². The molecule has 0 aromatic rings. The van der Waals surface area contributed by atoms with Crippen LogP contribution in [0.15, 0.2) is 0 Å². The molecule has 2 N–H and O–H groups in total. The lowest BCUT2D eigenvalue weighted by Crippen LogP contribution is -2.45. The third-order valence-corrected chi connectivity index (χ3v) is 4.87. The molecule has 108 valence electrons. The molecule has 2 unspecified atom stereocenters. The monoisotopic (exact) mass is 255 g/mol. The summed E-state index contributed by atoms with van der Waals surface area (Å²) >= 11 is 0. The quantitative estimate of drug-likeness (QED) is 0.787. The van der Waals surface area contributed by atoms with E-state index in [1.54, 1.807) is 0 Å². The summed E-state index contributed by atoms with van der Waals surface area (Å²) in [6.45, 7) is 11.8. The van der Waals surface area contributed by atoms with Crippen LogP contribution in [-0.4, -0.2) is 23.8 Å². The summed E-state index contributed by atoms with van der Waals surface area (Å²) in [5.74, 6) is 1.53. The summed E-state index contributed by atoms with van der Waals surface area (Å²) in [6.07, 6.45) is 6.33. The highest BCUT2D eigenvalue weighted by Gasteiger charge is 2.32. The molecule has 2 atom stereocenters. The molecule has 1 rings (SSSR count). The Labute approximate surface area is 114 Å². The van der Waals surface area contributed by atoms with Crippen LogP contribution in [-0.2, 0) is 0 Å². The summed E-state index contributed by atoms with van der Waals surface area (Å²) in [7, 11) is 0. The third kappa shape index (κ3) is 4.55. The van der Waals surface area contributed by atoms with Gasteiger partial charge in [-0.1, -0.05) is 27.7 Å². The zero-order chi connectivity index (χ0) is 13.8. The molecular weight excluding hydrogens is 222 g/mol. The molecule has 1 saturated carbocycles. The van der Waals surface area contributed by atoms with Crippen LogP contribution in [0.5, 0.6) is 0 Å². The summed E-state index contributed by atoms with van der Waals surface area (Å²) in [6, 6.07) is 0.823. The molecule has 1 aliphatic rings. The molecule has 0 radical (unpaired) electrons. The fourth-order valence-electron chi connectivity index (χ4n) is 3.21. The number of nitrogens with one attached hydrogen (secondary N) is 1. The zero-order valence-electron chi connectivity index (χ0n) is 13.0. The van der Waals surface area contributed by atoms with Gasteiger partial charge in [-0.05, 0) is 56.3 Å². The van der Waals surface area contributed by atoms with E-state index in [2.05, 4.69) is 39.9 Å². The van der Waals surface area contributed by atoms with Gasteiger partial charge >= 0.3 is 0 Å². The second-order valence-electron chi connectivity index (χ2n) is 7.24. The SMILES string of the molecule is CCC(C)NC(CO)C1CCC(C(C)(C)C)CC1. The molecule has 0 heterocycles. The number of hydrogen-bond acceptors (Lipinski definition) is 2. The second-order valence-corrected chi connectivity index (χ2v) is 7.24. The van der Waals surface area contributed by atoms with Crippen molar-refractivity contribution in [2.75, 3.05) is 6.61 Å². The van der Waals surface area contributed by atoms with Crippen molar-refractivity contribution < 1.29 is 5.11 Å². The van der Waals surface area contributed by atoms with Gasteiger partial charge in [0.05, 0.1) is 6.61 Å². The normalized spacial score (nSPS) is 29.0. The Balaban J connectivity index is 2.45. The maximum absolute atomic E-state index is 9.59. The van der Waals surface area contributed by atoms with Crippen molar-refractivity contribution >= 4 is 0 Å². The summed E-state index contributed by atoms with van der Waals surface area (Å²) in [5, 5.41) is 13.2. The number of aliphatic hydroxyl groups excluding tert-OH is 1. The molecular formula is C16H33NO. The predicted molar refractivity (Wildman–Crippen MR) is 78.7 cm³/mol. The van der Waals surface area contributed by atoms with Crippen LogP contribution in [0.1, 0.15) is 66.7 Å². The topological polar surface area (TPSA) is 32.3 Å². The molecule has 0 aliphatic heterocycles. The van der Waals surface area contributed by atoms with E-state index in [1.807, 2.05) is 0 Å². The van der Waals surface area contributed by atoms with E-state index in [0.717, 1.165) is 12.3 Å². The van der Waals surface area contributed by atoms with Gasteiger partial charge in [-0.25, -0.2) is 0 Å². The Kier molecular flexibility index (Phi) is 6.13. The summed E-state index contributed by atoms with van der Waals surface area (Å²) in [4.78, 5) is 0. The van der Waals surface area contributed by atoms with Crippen molar-refractivity contribution in [3.05, 3.63) is 0 Å². The van der Waals surface area contributed by atoms with Gasteiger partial charge in [-0.3, -0.25) is 0 Å². The highest BCUT2D eigenvalue weighted by molar-refractivity contribution is 4.86. The molecule has 1 aliphatic carbocycles. The molecule has 0 aromatic heterocycles. The third-order valence-electron chi connectivity index (χ3n) is 4.87. The van der Waals surface area contributed by atoms with E-state index >= 15 is 0 Å². The van der Waals surface area contributed by atoms with Crippen LogP contribution in [0.3, 0.4) is 0 Å². The molecule has 0 saturated heterocycles. The molecule has 0 spiro atoms. The predicted octanol–water partition coefficient (Wildman–Crippen LogP) is 3.59. The Hall–Kier alpha value is -0.0800. The standard InChI is InChI=1S/C16H33NO/c1-6-12(2)17-15(11-18)13-7-9-14(10-8-13)16(3,4)5/h12-15,17-18H,6-11H2,1-5H3. The van der Waals surface area contributed by atoms with Gasteiger partial charge in [0.1, 0.15) is 0 Å². The first-order valence-electron chi connectivity index (χ1n) is 7.75. The number of aliphatic hydroxyl groups is 1. The van der Waals surface area contributed by atoms with Crippen LogP contribution in [0.25, 0.3) is 0 Å². The van der Waals surface area contributed by atoms with Crippen molar-refractivity contribution in [3.63, 3.8) is 0 Å². The van der Waals surface area contributed by atoms with E-state index in [4.69, 9.17) is 0 Å². The van der Waals surface area contributed by atoms with Crippen molar-refractivity contribution in [1.82, 2.24) is 5.32 Å². The largest absolute Gasteiger partial charge is 0.395 e. The van der Waals surface area contributed by atoms with Crippen LogP contribution in [0.4, 0.5) is 0 Å². The molecule has 1 fully saturated rings. The first-order valence-corrected chi connectivity index (χ1v) is 7.75. The van der Waals surface area contributed by atoms with Gasteiger partial charge in [0.25, 0.3) is 0 Å². The highest BCUT2D eigenvalue weighted by Crippen LogP contribution is 2.40. The summed E-state index contributed by atoms with van der Waals surface area (Å²) < 4.78 is 0. The highest BCUT2D eigenvalue weighted by atomic mass is 16.3. The Morgan fingerprint density at radius 3 is 2.11 bits per heavy atom. The Morgan fingerprint density at radius 1 is 1.17 bits per heavy atom. The average molecular weight is 255 g/mol. The van der Waals surface area contributed by atoms with Crippen molar-refractivity contribution in [1.29, 1.82) is 0 Å². The maximum atomic E-state index is 9.59. The van der Waals surface area contributed by atoms with E-state index in [-0.39, 0.29) is 6.61 Å². The molecule has 0 aromatic carbocycles. The fraction of sp³-hybridized carbons (Fsp3) is 1.00. The molecule has 0 bridgehead atoms. The molecule has 0 amide bonds. The number of hydrogen-bond donors (Lipinski definition) is 2. The molecule has 18 heavy (non-hydrogen) atoms. The van der Waals surface area contributed by atoms with Gasteiger partial charge in [0, 0.05) is 12.1 Å². The lowest BCUT2D eigenvalue weighted by molar-refractivity contribution is 0.106.